The summed E-state index contributed by atoms with van der Waals surface area (Å²) in [6.45, 7) is 4.33. The zero-order valence-corrected chi connectivity index (χ0v) is 12.4. The van der Waals surface area contributed by atoms with Crippen LogP contribution in [0.1, 0.15) is 27.7 Å². The van der Waals surface area contributed by atoms with Gasteiger partial charge in [0.1, 0.15) is 0 Å². The predicted molar refractivity (Wildman–Crippen MR) is 71.6 cm³/mol. The SMILES string of the molecule is CC(=O)O.CC(=O)O.CC(=O)O.CC(=O)O.NC(=O)C(N)=O. The van der Waals surface area contributed by atoms with E-state index in [2.05, 4.69) is 11.5 Å². The number of hydrogen-bond acceptors (Lipinski definition) is 6. The molecule has 0 saturated carbocycles. The molecule has 0 aromatic heterocycles. The Bertz CT molecular complexity index is 302. The second-order valence-corrected chi connectivity index (χ2v) is 2.80. The quantitative estimate of drug-likeness (QED) is 0.276. The number of nitrogens with two attached hydrogens (primary N) is 2. The molecule has 8 N–H and O–H groups in total. The molecule has 0 fully saturated rings. The van der Waals surface area contributed by atoms with Gasteiger partial charge in [0, 0.05) is 27.7 Å². The first kappa shape index (κ1) is 31.3. The summed E-state index contributed by atoms with van der Waals surface area (Å²) < 4.78 is 0. The zero-order chi connectivity index (χ0) is 19.5. The molecule has 0 unspecified atom stereocenters. The first-order valence-corrected chi connectivity index (χ1v) is 4.95. The van der Waals surface area contributed by atoms with E-state index in [1.807, 2.05) is 0 Å². The van der Waals surface area contributed by atoms with Crippen molar-refractivity contribution in [2.75, 3.05) is 0 Å². The highest BCUT2D eigenvalue weighted by molar-refractivity contribution is 6.33. The van der Waals surface area contributed by atoms with Crippen LogP contribution in [0.4, 0.5) is 0 Å². The predicted octanol–water partition coefficient (Wildman–Crippen LogP) is -1.68. The van der Waals surface area contributed by atoms with E-state index in [0.717, 1.165) is 27.7 Å². The molecule has 12 nitrogen and oxygen atoms in total. The molecule has 0 aromatic rings. The smallest absolute Gasteiger partial charge is 0.306 e. The van der Waals surface area contributed by atoms with Crippen molar-refractivity contribution in [2.45, 2.75) is 27.7 Å². The highest BCUT2D eigenvalue weighted by atomic mass is 16.4. The maximum absolute atomic E-state index is 9.45. The molecule has 0 rings (SSSR count). The van der Waals surface area contributed by atoms with Crippen LogP contribution in [0, 0.1) is 0 Å². The summed E-state index contributed by atoms with van der Waals surface area (Å²) >= 11 is 0. The zero-order valence-electron chi connectivity index (χ0n) is 12.4. The topological polar surface area (TPSA) is 235 Å². The molecule has 0 bridgehead atoms. The van der Waals surface area contributed by atoms with E-state index in [4.69, 9.17) is 39.6 Å². The fourth-order valence-corrected chi connectivity index (χ4v) is 0. The highest BCUT2D eigenvalue weighted by Gasteiger charge is 1.96. The lowest BCUT2D eigenvalue weighted by molar-refractivity contribution is -0.135. The number of carbonyl (C=O) groups excluding carboxylic acids is 2. The standard InChI is InChI=1S/C2H4N2O2.4C2H4O2/c3-1(5)2(4)6;4*1-2(3)4/h(H2,3,5)(H2,4,6);4*1H3,(H,3,4). The van der Waals surface area contributed by atoms with Gasteiger partial charge in [-0.05, 0) is 0 Å². The summed E-state index contributed by atoms with van der Waals surface area (Å²) in [5.74, 6) is -5.54. The lowest BCUT2D eigenvalue weighted by atomic mass is 10.6. The Hall–Kier alpha value is -3.18. The summed E-state index contributed by atoms with van der Waals surface area (Å²) in [6, 6.07) is 0. The van der Waals surface area contributed by atoms with E-state index < -0.39 is 35.7 Å². The number of rotatable bonds is 0. The Balaban J connectivity index is -0.0000000555. The summed E-state index contributed by atoms with van der Waals surface area (Å²) in [5.41, 5.74) is 8.64. The molecule has 12 heteroatoms. The van der Waals surface area contributed by atoms with E-state index in [9.17, 15) is 9.59 Å². The number of carbonyl (C=O) groups is 6. The maximum Gasteiger partial charge on any atom is 0.306 e. The van der Waals surface area contributed by atoms with Crippen molar-refractivity contribution in [3.05, 3.63) is 0 Å². The molecule has 0 aliphatic rings. The van der Waals surface area contributed by atoms with Gasteiger partial charge in [0.2, 0.25) is 0 Å². The van der Waals surface area contributed by atoms with Crippen molar-refractivity contribution in [1.29, 1.82) is 0 Å². The van der Waals surface area contributed by atoms with Gasteiger partial charge in [-0.3, -0.25) is 28.8 Å². The molecule has 0 aliphatic carbocycles. The Labute approximate surface area is 125 Å². The molecule has 0 radical (unpaired) electrons. The third-order valence-corrected chi connectivity index (χ3v) is 0.243. The molecule has 0 atom stereocenters. The van der Waals surface area contributed by atoms with Gasteiger partial charge in [-0.2, -0.15) is 0 Å². The minimum atomic E-state index is -1.10. The number of carboxylic acids is 4. The molecule has 22 heavy (non-hydrogen) atoms. The third-order valence-electron chi connectivity index (χ3n) is 0.243. The van der Waals surface area contributed by atoms with E-state index in [0.29, 0.717) is 0 Å². The molecule has 0 heterocycles. The van der Waals surface area contributed by atoms with Crippen LogP contribution in [0.3, 0.4) is 0 Å². The molecular weight excluding hydrogens is 308 g/mol. The molecule has 0 aromatic carbocycles. The van der Waals surface area contributed by atoms with Gasteiger partial charge < -0.3 is 31.9 Å². The third kappa shape index (κ3) is 6260. The normalized spacial score (nSPS) is 6.55. The summed E-state index contributed by atoms with van der Waals surface area (Å²) in [6.07, 6.45) is 0. The van der Waals surface area contributed by atoms with Gasteiger partial charge >= 0.3 is 11.8 Å². The molecule has 0 saturated heterocycles. The van der Waals surface area contributed by atoms with Gasteiger partial charge in [-0.15, -0.1) is 0 Å². The minimum absolute atomic E-state index is 0.833. The molecule has 130 valence electrons. The van der Waals surface area contributed by atoms with Gasteiger partial charge in [-0.1, -0.05) is 0 Å². The Morgan fingerprint density at radius 1 is 0.500 bits per heavy atom. The molecule has 0 aliphatic heterocycles. The molecule has 0 spiro atoms. The Morgan fingerprint density at radius 2 is 0.545 bits per heavy atom. The number of amides is 2. The maximum atomic E-state index is 9.45. The van der Waals surface area contributed by atoms with Crippen LogP contribution in [0.25, 0.3) is 0 Å². The van der Waals surface area contributed by atoms with Gasteiger partial charge in [0.15, 0.2) is 0 Å². The van der Waals surface area contributed by atoms with E-state index in [-0.39, 0.29) is 0 Å². The van der Waals surface area contributed by atoms with Crippen LogP contribution in [0.2, 0.25) is 0 Å². The minimum Gasteiger partial charge on any atom is -0.481 e. The fraction of sp³-hybridized carbons (Fsp3) is 0.400. The van der Waals surface area contributed by atoms with Crippen LogP contribution in [-0.4, -0.2) is 56.1 Å². The van der Waals surface area contributed by atoms with Crippen LogP contribution >= 0.6 is 0 Å². The van der Waals surface area contributed by atoms with Crippen molar-refractivity contribution in [1.82, 2.24) is 0 Å². The van der Waals surface area contributed by atoms with Crippen molar-refractivity contribution in [2.24, 2.45) is 11.5 Å². The summed E-state index contributed by atoms with van der Waals surface area (Å²) in [4.78, 5) is 54.9. The van der Waals surface area contributed by atoms with Crippen molar-refractivity contribution >= 4 is 35.7 Å². The average Bonchev–Trinajstić information content (AvgIpc) is 2.12. The van der Waals surface area contributed by atoms with Gasteiger partial charge in [0.05, 0.1) is 0 Å². The highest BCUT2D eigenvalue weighted by Crippen LogP contribution is 1.45. The first-order chi connectivity index (χ1) is 9.57. The van der Waals surface area contributed by atoms with E-state index >= 15 is 0 Å². The first-order valence-electron chi connectivity index (χ1n) is 4.95. The largest absolute Gasteiger partial charge is 0.481 e. The van der Waals surface area contributed by atoms with Crippen LogP contribution in [0.15, 0.2) is 0 Å². The Morgan fingerprint density at radius 3 is 0.545 bits per heavy atom. The van der Waals surface area contributed by atoms with Crippen LogP contribution in [-0.2, 0) is 28.8 Å². The number of carboxylic acid groups (broad SMARTS) is 4. The van der Waals surface area contributed by atoms with Crippen LogP contribution < -0.4 is 11.5 Å². The number of hydrogen-bond donors (Lipinski definition) is 6. The van der Waals surface area contributed by atoms with Crippen molar-refractivity contribution < 1.29 is 49.2 Å². The monoisotopic (exact) mass is 328 g/mol. The van der Waals surface area contributed by atoms with Gasteiger partial charge in [0.25, 0.3) is 23.9 Å². The van der Waals surface area contributed by atoms with Crippen LogP contribution in [0.5, 0.6) is 0 Å². The molecule has 2 amide bonds. The second kappa shape index (κ2) is 23.0. The van der Waals surface area contributed by atoms with E-state index in [1.165, 1.54) is 0 Å². The number of primary amides is 2. The summed E-state index contributed by atoms with van der Waals surface area (Å²) in [7, 11) is 0. The number of aliphatic carboxylic acids is 4. The summed E-state index contributed by atoms with van der Waals surface area (Å²) in [5, 5.41) is 29.7. The molecular formula is C10H20N2O10. The van der Waals surface area contributed by atoms with Crippen molar-refractivity contribution in [3.63, 3.8) is 0 Å². The van der Waals surface area contributed by atoms with E-state index in [1.54, 1.807) is 0 Å². The Kier molecular flexibility index (Phi) is 32.6. The lowest BCUT2D eigenvalue weighted by Gasteiger charge is -1.75. The second-order valence-electron chi connectivity index (χ2n) is 2.80. The van der Waals surface area contributed by atoms with Crippen molar-refractivity contribution in [3.8, 4) is 0 Å². The lowest BCUT2D eigenvalue weighted by Crippen LogP contribution is -2.29. The average molecular weight is 328 g/mol. The van der Waals surface area contributed by atoms with Gasteiger partial charge in [-0.25, -0.2) is 0 Å². The fourth-order valence-electron chi connectivity index (χ4n) is 0.